The maximum Gasteiger partial charge on any atom is 0.340 e. The molecule has 0 amide bonds. The summed E-state index contributed by atoms with van der Waals surface area (Å²) in [6.45, 7) is 3.86. The van der Waals surface area contributed by atoms with Gasteiger partial charge in [0.25, 0.3) is 0 Å². The predicted octanol–water partition coefficient (Wildman–Crippen LogP) is 4.34. The first-order valence-electron chi connectivity index (χ1n) is 7.66. The van der Waals surface area contributed by atoms with Gasteiger partial charge in [-0.15, -0.1) is 0 Å². The molecular weight excluding hydrogens is 288 g/mol. The molecule has 2 aromatic carbocycles. The number of rotatable bonds is 0. The van der Waals surface area contributed by atoms with Crippen molar-refractivity contribution in [1.29, 1.82) is 0 Å². The molecule has 0 N–H and O–H groups in total. The van der Waals surface area contributed by atoms with Crippen molar-refractivity contribution >= 4 is 5.97 Å². The molecule has 0 radical (unpaired) electrons. The Hall–Kier alpha value is -2.81. The second kappa shape index (κ2) is 4.85. The van der Waals surface area contributed by atoms with Gasteiger partial charge in [-0.3, -0.25) is 0 Å². The van der Waals surface area contributed by atoms with Gasteiger partial charge in [-0.1, -0.05) is 42.5 Å². The molecule has 114 valence electrons. The van der Waals surface area contributed by atoms with E-state index < -0.39 is 5.60 Å². The van der Waals surface area contributed by atoms with Crippen LogP contribution in [0, 0.1) is 0 Å². The van der Waals surface area contributed by atoms with Crippen molar-refractivity contribution in [2.24, 2.45) is 0 Å². The van der Waals surface area contributed by atoms with Gasteiger partial charge >= 0.3 is 5.97 Å². The summed E-state index contributed by atoms with van der Waals surface area (Å²) < 4.78 is 12.0. The highest BCUT2D eigenvalue weighted by Crippen LogP contribution is 2.54. The molecular formula is C20H16O3. The van der Waals surface area contributed by atoms with Crippen molar-refractivity contribution < 1.29 is 14.3 Å². The van der Waals surface area contributed by atoms with Gasteiger partial charge in [0, 0.05) is 16.7 Å². The van der Waals surface area contributed by atoms with Crippen LogP contribution in [0.5, 0.6) is 5.75 Å². The lowest BCUT2D eigenvalue weighted by Crippen LogP contribution is -2.36. The summed E-state index contributed by atoms with van der Waals surface area (Å²) >= 11 is 0. The smallest absolute Gasteiger partial charge is 0.340 e. The molecule has 0 aromatic heterocycles. The second-order valence-corrected chi connectivity index (χ2v) is 5.57. The van der Waals surface area contributed by atoms with E-state index in [1.165, 1.54) is 0 Å². The van der Waals surface area contributed by atoms with Crippen LogP contribution in [0.4, 0.5) is 0 Å². The van der Waals surface area contributed by atoms with Gasteiger partial charge in [0.2, 0.25) is 0 Å². The first kappa shape index (κ1) is 13.8. The van der Waals surface area contributed by atoms with Gasteiger partial charge in [0.05, 0.1) is 5.56 Å². The van der Waals surface area contributed by atoms with Gasteiger partial charge < -0.3 is 9.47 Å². The van der Waals surface area contributed by atoms with Crippen LogP contribution >= 0.6 is 0 Å². The first-order valence-corrected chi connectivity index (χ1v) is 7.66. The number of ether oxygens (including phenoxy) is 2. The maximum absolute atomic E-state index is 12.5. The Morgan fingerprint density at radius 2 is 1.61 bits per heavy atom. The predicted molar refractivity (Wildman–Crippen MR) is 87.2 cm³/mol. The molecule has 0 bridgehead atoms. The van der Waals surface area contributed by atoms with E-state index in [1.54, 1.807) is 0 Å². The molecule has 1 spiro atoms. The summed E-state index contributed by atoms with van der Waals surface area (Å²) in [7, 11) is 0. The quantitative estimate of drug-likeness (QED) is 0.679. The van der Waals surface area contributed by atoms with Crippen molar-refractivity contribution in [3.8, 4) is 5.75 Å². The second-order valence-electron chi connectivity index (χ2n) is 5.57. The van der Waals surface area contributed by atoms with Crippen LogP contribution in [0.2, 0.25) is 0 Å². The normalized spacial score (nSPS) is 25.2. The molecule has 0 aliphatic carbocycles. The minimum Gasteiger partial charge on any atom is -0.457 e. The van der Waals surface area contributed by atoms with Crippen molar-refractivity contribution in [3.05, 3.63) is 88.7 Å². The summed E-state index contributed by atoms with van der Waals surface area (Å²) in [5.41, 5.74) is 2.26. The fourth-order valence-corrected chi connectivity index (χ4v) is 3.52. The van der Waals surface area contributed by atoms with Gasteiger partial charge in [0.1, 0.15) is 11.5 Å². The number of benzene rings is 2. The summed E-state index contributed by atoms with van der Waals surface area (Å²) in [5.74, 6) is 1.14. The third kappa shape index (κ3) is 1.67. The number of hydrogen-bond acceptors (Lipinski definition) is 3. The van der Waals surface area contributed by atoms with E-state index in [-0.39, 0.29) is 5.97 Å². The number of allylic oxidation sites excluding steroid dienone is 2. The number of esters is 1. The number of para-hydroxylation sites is 1. The van der Waals surface area contributed by atoms with Crippen LogP contribution in [-0.4, -0.2) is 5.97 Å². The minimum atomic E-state index is -0.931. The van der Waals surface area contributed by atoms with Gasteiger partial charge in [-0.25, -0.2) is 4.79 Å². The highest BCUT2D eigenvalue weighted by atomic mass is 16.6. The standard InChI is InChI=1S/C20H16O3/c1-3-14-17(4-2)22-18-12-8-7-11-16(18)20(14)15-10-6-5-9-13(15)19(21)23-20/h3-12H,1-2H3/b14-3+,17-4+. The van der Waals surface area contributed by atoms with Crippen LogP contribution < -0.4 is 4.74 Å². The molecule has 3 nitrogen and oxygen atoms in total. The summed E-state index contributed by atoms with van der Waals surface area (Å²) in [5, 5.41) is 0. The number of carbonyl (C=O) groups is 1. The molecule has 3 heteroatoms. The lowest BCUT2D eigenvalue weighted by Gasteiger charge is -2.38. The Balaban J connectivity index is 2.13. The van der Waals surface area contributed by atoms with Crippen LogP contribution in [0.25, 0.3) is 0 Å². The van der Waals surface area contributed by atoms with Crippen molar-refractivity contribution in [2.75, 3.05) is 0 Å². The van der Waals surface area contributed by atoms with E-state index >= 15 is 0 Å². The van der Waals surface area contributed by atoms with E-state index in [0.29, 0.717) is 5.56 Å². The average Bonchev–Trinajstić information content (AvgIpc) is 2.89. The van der Waals surface area contributed by atoms with Crippen molar-refractivity contribution in [3.63, 3.8) is 0 Å². The number of hydrogen-bond donors (Lipinski definition) is 0. The van der Waals surface area contributed by atoms with Crippen LogP contribution in [0.3, 0.4) is 0 Å². The summed E-state index contributed by atoms with van der Waals surface area (Å²) in [4.78, 5) is 12.5. The Morgan fingerprint density at radius 1 is 0.913 bits per heavy atom. The third-order valence-electron chi connectivity index (χ3n) is 4.45. The lowest BCUT2D eigenvalue weighted by atomic mass is 9.76. The molecule has 0 fully saturated rings. The number of carbonyl (C=O) groups excluding carboxylic acids is 1. The zero-order valence-corrected chi connectivity index (χ0v) is 13.0. The monoisotopic (exact) mass is 304 g/mol. The highest BCUT2D eigenvalue weighted by molar-refractivity contribution is 5.97. The average molecular weight is 304 g/mol. The van der Waals surface area contributed by atoms with E-state index in [4.69, 9.17) is 9.47 Å². The Labute approximate surface area is 134 Å². The molecule has 1 atom stereocenters. The molecule has 2 heterocycles. The molecule has 0 saturated carbocycles. The van der Waals surface area contributed by atoms with Gasteiger partial charge in [0.15, 0.2) is 5.60 Å². The first-order chi connectivity index (χ1) is 11.2. The van der Waals surface area contributed by atoms with Gasteiger partial charge in [-0.05, 0) is 32.1 Å². The van der Waals surface area contributed by atoms with E-state index in [9.17, 15) is 4.79 Å². The SMILES string of the molecule is C/C=C1/Oc2ccccc2C2(OC(=O)c3ccccc32)/C1=C/C. The van der Waals surface area contributed by atoms with Crippen LogP contribution in [-0.2, 0) is 10.3 Å². The minimum absolute atomic E-state index is 0.299. The maximum atomic E-state index is 12.5. The molecule has 4 rings (SSSR count). The lowest BCUT2D eigenvalue weighted by molar-refractivity contribution is 0.0202. The molecule has 0 saturated heterocycles. The molecule has 2 aromatic rings. The summed E-state index contributed by atoms with van der Waals surface area (Å²) in [6, 6.07) is 15.3. The van der Waals surface area contributed by atoms with Gasteiger partial charge in [-0.2, -0.15) is 0 Å². The highest BCUT2D eigenvalue weighted by Gasteiger charge is 2.54. The summed E-state index contributed by atoms with van der Waals surface area (Å²) in [6.07, 6.45) is 3.86. The fourth-order valence-electron chi connectivity index (χ4n) is 3.52. The van der Waals surface area contributed by atoms with E-state index in [1.807, 2.05) is 74.5 Å². The van der Waals surface area contributed by atoms with Crippen molar-refractivity contribution in [2.45, 2.75) is 19.4 Å². The Kier molecular flexibility index (Phi) is 2.91. The third-order valence-corrected chi connectivity index (χ3v) is 4.45. The Morgan fingerprint density at radius 3 is 2.35 bits per heavy atom. The van der Waals surface area contributed by atoms with Crippen molar-refractivity contribution in [1.82, 2.24) is 0 Å². The van der Waals surface area contributed by atoms with Crippen LogP contribution in [0.15, 0.2) is 72.0 Å². The number of fused-ring (bicyclic) bond motifs is 4. The van der Waals surface area contributed by atoms with Crippen LogP contribution in [0.1, 0.15) is 35.3 Å². The molecule has 1 unspecified atom stereocenters. The van der Waals surface area contributed by atoms with E-state index in [0.717, 1.165) is 28.2 Å². The largest absolute Gasteiger partial charge is 0.457 e. The topological polar surface area (TPSA) is 35.5 Å². The molecule has 2 aliphatic heterocycles. The fraction of sp³-hybridized carbons (Fsp3) is 0.150. The Bertz CT molecular complexity index is 876. The molecule has 23 heavy (non-hydrogen) atoms. The van der Waals surface area contributed by atoms with E-state index in [2.05, 4.69) is 0 Å². The zero-order valence-electron chi connectivity index (χ0n) is 13.0. The zero-order chi connectivity index (χ0) is 16.0. The molecule has 2 aliphatic rings.